The molecule has 0 saturated carbocycles. The summed E-state index contributed by atoms with van der Waals surface area (Å²) in [5.74, 6) is 1.75. The summed E-state index contributed by atoms with van der Waals surface area (Å²) in [6.07, 6.45) is -0.147. The summed E-state index contributed by atoms with van der Waals surface area (Å²) in [5, 5.41) is 3.59. The zero-order valence-corrected chi connectivity index (χ0v) is 13.9. The van der Waals surface area contributed by atoms with E-state index in [0.29, 0.717) is 23.3 Å². The minimum atomic E-state index is -0.147. The number of nitrogens with zero attached hydrogens (tertiary/aromatic N) is 1. The van der Waals surface area contributed by atoms with E-state index in [1.165, 1.54) is 0 Å². The van der Waals surface area contributed by atoms with Crippen LogP contribution in [-0.2, 0) is 0 Å². The highest BCUT2D eigenvalue weighted by Crippen LogP contribution is 2.24. The number of aliphatic imine (C=N–C) groups is 1. The fourth-order valence-electron chi connectivity index (χ4n) is 1.88. The summed E-state index contributed by atoms with van der Waals surface area (Å²) in [6.45, 7) is 2.33. The highest BCUT2D eigenvalue weighted by Gasteiger charge is 2.06. The fourth-order valence-corrected chi connectivity index (χ4v) is 2.06. The molecule has 2 aromatic rings. The topological polar surface area (TPSA) is 68.9 Å². The standard InChI is InChI=1S/C17H20ClN3O2/c1-12(23-16-6-4-3-5-15(16)18)11-20-17(19)21-13-7-9-14(22-2)10-8-13/h3-10,12H,11H2,1-2H3,(H3,19,20,21). The highest BCUT2D eigenvalue weighted by molar-refractivity contribution is 6.32. The van der Waals surface area contributed by atoms with Crippen molar-refractivity contribution in [2.24, 2.45) is 10.7 Å². The number of anilines is 1. The van der Waals surface area contributed by atoms with Gasteiger partial charge in [-0.3, -0.25) is 0 Å². The average molecular weight is 334 g/mol. The van der Waals surface area contributed by atoms with E-state index in [0.717, 1.165) is 11.4 Å². The molecule has 0 amide bonds. The van der Waals surface area contributed by atoms with Crippen molar-refractivity contribution in [2.75, 3.05) is 19.0 Å². The number of ether oxygens (including phenoxy) is 2. The van der Waals surface area contributed by atoms with Crippen molar-refractivity contribution in [3.05, 3.63) is 53.6 Å². The van der Waals surface area contributed by atoms with Crippen LogP contribution in [0.25, 0.3) is 0 Å². The number of methoxy groups -OCH3 is 1. The molecule has 5 nitrogen and oxygen atoms in total. The lowest BCUT2D eigenvalue weighted by atomic mass is 10.3. The molecule has 0 bridgehead atoms. The van der Waals surface area contributed by atoms with E-state index in [4.69, 9.17) is 26.8 Å². The van der Waals surface area contributed by atoms with Gasteiger partial charge in [0.25, 0.3) is 0 Å². The maximum absolute atomic E-state index is 6.05. The van der Waals surface area contributed by atoms with Gasteiger partial charge in [0.05, 0.1) is 18.7 Å². The molecule has 0 aliphatic rings. The molecule has 0 fully saturated rings. The van der Waals surface area contributed by atoms with Gasteiger partial charge in [-0.1, -0.05) is 23.7 Å². The van der Waals surface area contributed by atoms with Gasteiger partial charge in [0.15, 0.2) is 5.96 Å². The molecule has 6 heteroatoms. The summed E-state index contributed by atoms with van der Waals surface area (Å²) < 4.78 is 10.8. The molecule has 0 saturated heterocycles. The van der Waals surface area contributed by atoms with E-state index in [1.807, 2.05) is 49.4 Å². The van der Waals surface area contributed by atoms with Crippen LogP contribution in [0, 0.1) is 0 Å². The first kappa shape index (κ1) is 17.0. The maximum atomic E-state index is 6.05. The zero-order valence-electron chi connectivity index (χ0n) is 13.1. The van der Waals surface area contributed by atoms with Crippen molar-refractivity contribution in [3.8, 4) is 11.5 Å². The van der Waals surface area contributed by atoms with Crippen LogP contribution in [0.5, 0.6) is 11.5 Å². The molecular weight excluding hydrogens is 314 g/mol. The summed E-state index contributed by atoms with van der Waals surface area (Å²) in [6, 6.07) is 14.8. The molecule has 2 rings (SSSR count). The van der Waals surface area contributed by atoms with E-state index in [1.54, 1.807) is 13.2 Å². The Morgan fingerprint density at radius 3 is 2.57 bits per heavy atom. The van der Waals surface area contributed by atoms with Crippen LogP contribution in [0.4, 0.5) is 5.69 Å². The molecule has 3 N–H and O–H groups in total. The molecule has 23 heavy (non-hydrogen) atoms. The normalized spacial score (nSPS) is 12.6. The van der Waals surface area contributed by atoms with Crippen LogP contribution < -0.4 is 20.5 Å². The Balaban J connectivity index is 1.87. The van der Waals surface area contributed by atoms with Crippen LogP contribution in [0.15, 0.2) is 53.5 Å². The zero-order chi connectivity index (χ0) is 16.7. The quantitative estimate of drug-likeness (QED) is 0.626. The van der Waals surface area contributed by atoms with Gasteiger partial charge >= 0.3 is 0 Å². The lowest BCUT2D eigenvalue weighted by molar-refractivity contribution is 0.230. The van der Waals surface area contributed by atoms with Gasteiger partial charge in [-0.15, -0.1) is 0 Å². The molecule has 0 spiro atoms. The fraction of sp³-hybridized carbons (Fsp3) is 0.235. The van der Waals surface area contributed by atoms with Crippen molar-refractivity contribution in [1.82, 2.24) is 0 Å². The molecule has 0 aliphatic carbocycles. The van der Waals surface area contributed by atoms with Gasteiger partial charge in [-0.25, -0.2) is 4.99 Å². The second-order valence-corrected chi connectivity index (χ2v) is 5.35. The Hall–Kier alpha value is -2.40. The third-order valence-corrected chi connectivity index (χ3v) is 3.36. The van der Waals surface area contributed by atoms with Crippen molar-refractivity contribution < 1.29 is 9.47 Å². The first-order valence-corrected chi connectivity index (χ1v) is 7.58. The Bertz CT molecular complexity index is 659. The summed E-state index contributed by atoms with van der Waals surface area (Å²) in [4.78, 5) is 4.27. The lowest BCUT2D eigenvalue weighted by Crippen LogP contribution is -2.25. The Morgan fingerprint density at radius 2 is 1.91 bits per heavy atom. The van der Waals surface area contributed by atoms with E-state index in [9.17, 15) is 0 Å². The van der Waals surface area contributed by atoms with E-state index in [2.05, 4.69) is 10.3 Å². The van der Waals surface area contributed by atoms with Gasteiger partial charge in [-0.2, -0.15) is 0 Å². The number of hydrogen-bond acceptors (Lipinski definition) is 3. The molecule has 122 valence electrons. The van der Waals surface area contributed by atoms with Crippen molar-refractivity contribution >= 4 is 23.2 Å². The van der Waals surface area contributed by atoms with Crippen LogP contribution >= 0.6 is 11.6 Å². The second-order valence-electron chi connectivity index (χ2n) is 4.94. The van der Waals surface area contributed by atoms with Crippen molar-refractivity contribution in [2.45, 2.75) is 13.0 Å². The number of halogens is 1. The number of benzene rings is 2. The molecule has 0 aromatic heterocycles. The highest BCUT2D eigenvalue weighted by atomic mass is 35.5. The van der Waals surface area contributed by atoms with Gasteiger partial charge in [0.1, 0.15) is 17.6 Å². The molecule has 2 aromatic carbocycles. The second kappa shape index (κ2) is 8.29. The number of hydrogen-bond donors (Lipinski definition) is 2. The molecule has 0 heterocycles. The summed E-state index contributed by atoms with van der Waals surface area (Å²) in [5.41, 5.74) is 6.71. The Kier molecular flexibility index (Phi) is 6.11. The van der Waals surface area contributed by atoms with Gasteiger partial charge in [0.2, 0.25) is 0 Å². The number of guanidine groups is 1. The number of nitrogens with one attached hydrogen (secondary N) is 1. The van der Waals surface area contributed by atoms with E-state index >= 15 is 0 Å². The monoisotopic (exact) mass is 333 g/mol. The van der Waals surface area contributed by atoms with Gasteiger partial charge in [-0.05, 0) is 43.3 Å². The van der Waals surface area contributed by atoms with Crippen LogP contribution in [-0.4, -0.2) is 25.7 Å². The van der Waals surface area contributed by atoms with E-state index < -0.39 is 0 Å². The van der Waals surface area contributed by atoms with E-state index in [-0.39, 0.29) is 6.10 Å². The molecule has 0 aliphatic heterocycles. The largest absolute Gasteiger partial charge is 0.497 e. The first-order chi connectivity index (χ1) is 11.1. The third-order valence-electron chi connectivity index (χ3n) is 3.05. The van der Waals surface area contributed by atoms with Crippen LogP contribution in [0.1, 0.15) is 6.92 Å². The lowest BCUT2D eigenvalue weighted by Gasteiger charge is -2.14. The Morgan fingerprint density at radius 1 is 1.22 bits per heavy atom. The summed E-state index contributed by atoms with van der Waals surface area (Å²) >= 11 is 6.05. The Labute approximate surface area is 141 Å². The minimum Gasteiger partial charge on any atom is -0.497 e. The van der Waals surface area contributed by atoms with Crippen LogP contribution in [0.2, 0.25) is 5.02 Å². The number of rotatable bonds is 6. The predicted molar refractivity (Wildman–Crippen MR) is 94.6 cm³/mol. The average Bonchev–Trinajstić information content (AvgIpc) is 2.56. The van der Waals surface area contributed by atoms with Gasteiger partial charge < -0.3 is 20.5 Å². The molecular formula is C17H20ClN3O2. The third kappa shape index (κ3) is 5.38. The number of para-hydroxylation sites is 1. The smallest absolute Gasteiger partial charge is 0.193 e. The number of nitrogens with two attached hydrogens (primary N) is 1. The van der Waals surface area contributed by atoms with Crippen molar-refractivity contribution in [1.29, 1.82) is 0 Å². The minimum absolute atomic E-state index is 0.147. The molecule has 1 unspecified atom stereocenters. The van der Waals surface area contributed by atoms with Crippen LogP contribution in [0.3, 0.4) is 0 Å². The van der Waals surface area contributed by atoms with Crippen molar-refractivity contribution in [3.63, 3.8) is 0 Å². The first-order valence-electron chi connectivity index (χ1n) is 7.20. The predicted octanol–water partition coefficient (Wildman–Crippen LogP) is 3.54. The SMILES string of the molecule is COc1ccc(NC(N)=NCC(C)Oc2ccccc2Cl)cc1. The molecule has 0 radical (unpaired) electrons. The van der Waals surface area contributed by atoms with Gasteiger partial charge in [0, 0.05) is 5.69 Å². The molecule has 1 atom stereocenters. The summed E-state index contributed by atoms with van der Waals surface area (Å²) in [7, 11) is 1.62. The maximum Gasteiger partial charge on any atom is 0.193 e.